The van der Waals surface area contributed by atoms with Gasteiger partial charge in [0.2, 0.25) is 0 Å². The van der Waals surface area contributed by atoms with Crippen molar-refractivity contribution in [1.29, 1.82) is 0 Å². The van der Waals surface area contributed by atoms with Gasteiger partial charge in [-0.15, -0.1) is 0 Å². The number of hydrogen-bond donors (Lipinski definition) is 3. The van der Waals surface area contributed by atoms with Crippen molar-refractivity contribution in [3.63, 3.8) is 0 Å². The molecule has 1 saturated carbocycles. The van der Waals surface area contributed by atoms with Crippen molar-refractivity contribution < 1.29 is 15.0 Å². The van der Waals surface area contributed by atoms with Crippen LogP contribution in [0.2, 0.25) is 0 Å². The molecule has 0 amide bonds. The largest absolute Gasteiger partial charge is 0.506 e. The van der Waals surface area contributed by atoms with Crippen LogP contribution in [0.3, 0.4) is 0 Å². The summed E-state index contributed by atoms with van der Waals surface area (Å²) in [6, 6.07) is 3.75. The van der Waals surface area contributed by atoms with Crippen molar-refractivity contribution >= 4 is 5.97 Å². The Balaban J connectivity index is 1.83. The molecular weight excluding hydrogens is 244 g/mol. The highest BCUT2D eigenvalue weighted by atomic mass is 16.4. The average molecular weight is 264 g/mol. The van der Waals surface area contributed by atoms with Crippen LogP contribution in [-0.4, -0.2) is 27.2 Å². The third kappa shape index (κ3) is 3.67. The minimum Gasteiger partial charge on any atom is -0.506 e. The minimum atomic E-state index is -0.684. The fourth-order valence-electron chi connectivity index (χ4n) is 2.52. The molecule has 0 atom stereocenters. The lowest BCUT2D eigenvalue weighted by Gasteiger charge is -2.26. The van der Waals surface area contributed by atoms with Gasteiger partial charge in [-0.2, -0.15) is 0 Å². The first-order chi connectivity index (χ1) is 9.06. The van der Waals surface area contributed by atoms with E-state index in [1.54, 1.807) is 12.1 Å². The molecule has 0 radical (unpaired) electrons. The Morgan fingerprint density at radius 1 is 1.37 bits per heavy atom. The number of carbonyl (C=O) groups is 1. The lowest BCUT2D eigenvalue weighted by molar-refractivity contribution is -0.142. The molecule has 0 aromatic carbocycles. The third-order valence-corrected chi connectivity index (χ3v) is 3.72. The zero-order valence-corrected chi connectivity index (χ0v) is 11.1. The number of carboxylic acids is 1. The molecule has 0 bridgehead atoms. The van der Waals surface area contributed by atoms with E-state index in [0.29, 0.717) is 18.3 Å². The minimum absolute atomic E-state index is 0.191. The molecule has 1 aromatic heterocycles. The highest BCUT2D eigenvalue weighted by Gasteiger charge is 2.25. The second kappa shape index (κ2) is 6.02. The van der Waals surface area contributed by atoms with Crippen LogP contribution in [0.5, 0.6) is 5.75 Å². The van der Waals surface area contributed by atoms with E-state index in [0.717, 1.165) is 31.4 Å². The Hall–Kier alpha value is -1.62. The number of nitrogens with zero attached hydrogens (tertiary/aromatic N) is 1. The van der Waals surface area contributed by atoms with Gasteiger partial charge < -0.3 is 15.5 Å². The first kappa shape index (κ1) is 13.8. The van der Waals surface area contributed by atoms with Crippen molar-refractivity contribution in [2.45, 2.75) is 45.2 Å². The van der Waals surface area contributed by atoms with E-state index in [1.165, 1.54) is 0 Å². The number of hydrogen-bond acceptors (Lipinski definition) is 4. The predicted molar refractivity (Wildman–Crippen MR) is 70.9 cm³/mol. The van der Waals surface area contributed by atoms with Crippen LogP contribution in [0.15, 0.2) is 12.1 Å². The fraction of sp³-hybridized carbons (Fsp3) is 0.571. The van der Waals surface area contributed by atoms with E-state index in [9.17, 15) is 9.90 Å². The van der Waals surface area contributed by atoms with E-state index in [2.05, 4.69) is 10.3 Å². The van der Waals surface area contributed by atoms with E-state index in [4.69, 9.17) is 5.11 Å². The number of aromatic nitrogens is 1. The molecule has 19 heavy (non-hydrogen) atoms. The fourth-order valence-corrected chi connectivity index (χ4v) is 2.52. The number of aliphatic carboxylic acids is 1. The Kier molecular flexibility index (Phi) is 4.37. The summed E-state index contributed by atoms with van der Waals surface area (Å²) < 4.78 is 0. The van der Waals surface area contributed by atoms with Gasteiger partial charge in [0.25, 0.3) is 0 Å². The highest BCUT2D eigenvalue weighted by molar-refractivity contribution is 5.70. The van der Waals surface area contributed by atoms with E-state index in [-0.39, 0.29) is 11.7 Å². The smallest absolute Gasteiger partial charge is 0.306 e. The van der Waals surface area contributed by atoms with Crippen molar-refractivity contribution in [2.24, 2.45) is 5.92 Å². The highest BCUT2D eigenvalue weighted by Crippen LogP contribution is 2.25. The predicted octanol–water partition coefficient (Wildman–Crippen LogP) is 1.83. The summed E-state index contributed by atoms with van der Waals surface area (Å²) >= 11 is 0. The molecule has 1 aliphatic carbocycles. The van der Waals surface area contributed by atoms with Gasteiger partial charge in [-0.3, -0.25) is 9.78 Å². The Bertz CT molecular complexity index is 454. The van der Waals surface area contributed by atoms with E-state index in [1.807, 2.05) is 6.92 Å². The quantitative estimate of drug-likeness (QED) is 0.773. The Morgan fingerprint density at radius 2 is 2.05 bits per heavy atom. The number of aryl methyl sites for hydroxylation is 1. The average Bonchev–Trinajstić information content (AvgIpc) is 2.40. The van der Waals surface area contributed by atoms with Gasteiger partial charge in [0.1, 0.15) is 5.75 Å². The Morgan fingerprint density at radius 3 is 2.68 bits per heavy atom. The molecule has 0 aliphatic heterocycles. The van der Waals surface area contributed by atoms with Crippen LogP contribution in [0.25, 0.3) is 0 Å². The van der Waals surface area contributed by atoms with Gasteiger partial charge in [0.05, 0.1) is 11.6 Å². The lowest BCUT2D eigenvalue weighted by atomic mass is 9.86. The van der Waals surface area contributed by atoms with Crippen molar-refractivity contribution in [3.05, 3.63) is 23.5 Å². The van der Waals surface area contributed by atoms with Gasteiger partial charge in [-0.05, 0) is 44.7 Å². The number of rotatable bonds is 4. The number of aromatic hydroxyl groups is 1. The van der Waals surface area contributed by atoms with Crippen LogP contribution < -0.4 is 5.32 Å². The maximum atomic E-state index is 10.9. The molecule has 1 aromatic rings. The first-order valence-corrected chi connectivity index (χ1v) is 6.68. The molecule has 1 heterocycles. The molecule has 0 spiro atoms. The van der Waals surface area contributed by atoms with E-state index < -0.39 is 5.97 Å². The lowest BCUT2D eigenvalue weighted by Crippen LogP contribution is -2.34. The molecule has 0 unspecified atom stereocenters. The SMILES string of the molecule is Cc1ccc(O)c(CNC2CCC(C(=O)O)CC2)n1. The van der Waals surface area contributed by atoms with E-state index >= 15 is 0 Å². The van der Waals surface area contributed by atoms with Gasteiger partial charge in [0, 0.05) is 18.3 Å². The van der Waals surface area contributed by atoms with Crippen molar-refractivity contribution in [2.75, 3.05) is 0 Å². The maximum Gasteiger partial charge on any atom is 0.306 e. The monoisotopic (exact) mass is 264 g/mol. The number of carboxylic acid groups (broad SMARTS) is 1. The molecule has 1 fully saturated rings. The number of nitrogens with one attached hydrogen (secondary N) is 1. The second-order valence-corrected chi connectivity index (χ2v) is 5.19. The van der Waals surface area contributed by atoms with Crippen molar-refractivity contribution in [1.82, 2.24) is 10.3 Å². The first-order valence-electron chi connectivity index (χ1n) is 6.68. The van der Waals surface area contributed by atoms with Crippen LogP contribution in [0.4, 0.5) is 0 Å². The topological polar surface area (TPSA) is 82.5 Å². The summed E-state index contributed by atoms with van der Waals surface area (Å²) in [6.45, 7) is 2.41. The molecule has 2 rings (SSSR count). The second-order valence-electron chi connectivity index (χ2n) is 5.19. The molecule has 3 N–H and O–H groups in total. The molecular formula is C14H20N2O3. The molecule has 5 nitrogen and oxygen atoms in total. The van der Waals surface area contributed by atoms with Gasteiger partial charge in [-0.1, -0.05) is 0 Å². The number of pyridine rings is 1. The Labute approximate surface area is 112 Å². The summed E-state index contributed by atoms with van der Waals surface area (Å²) in [5.74, 6) is -0.669. The van der Waals surface area contributed by atoms with Gasteiger partial charge >= 0.3 is 5.97 Å². The standard InChI is InChI=1S/C14H20N2O3/c1-9-2-7-13(17)12(16-9)8-15-11-5-3-10(4-6-11)14(18)19/h2,7,10-11,15,17H,3-6,8H2,1H3,(H,18,19). The molecule has 0 saturated heterocycles. The van der Waals surface area contributed by atoms with Crippen molar-refractivity contribution in [3.8, 4) is 5.75 Å². The summed E-state index contributed by atoms with van der Waals surface area (Å²) in [5.41, 5.74) is 1.53. The molecule has 1 aliphatic rings. The summed E-state index contributed by atoms with van der Waals surface area (Å²) in [5, 5.41) is 22.0. The van der Waals surface area contributed by atoms with Gasteiger partial charge in [0.15, 0.2) is 0 Å². The zero-order chi connectivity index (χ0) is 13.8. The zero-order valence-electron chi connectivity index (χ0n) is 11.1. The van der Waals surface area contributed by atoms with Crippen LogP contribution in [-0.2, 0) is 11.3 Å². The van der Waals surface area contributed by atoms with Gasteiger partial charge in [-0.25, -0.2) is 0 Å². The normalized spacial score (nSPS) is 23.2. The summed E-state index contributed by atoms with van der Waals surface area (Å²) in [4.78, 5) is 15.2. The molecule has 104 valence electrons. The maximum absolute atomic E-state index is 10.9. The summed E-state index contributed by atoms with van der Waals surface area (Å²) in [6.07, 6.45) is 3.17. The molecule has 5 heteroatoms. The van der Waals surface area contributed by atoms with Crippen LogP contribution >= 0.6 is 0 Å². The van der Waals surface area contributed by atoms with Crippen LogP contribution in [0, 0.1) is 12.8 Å². The summed E-state index contributed by atoms with van der Waals surface area (Å²) in [7, 11) is 0. The third-order valence-electron chi connectivity index (χ3n) is 3.72. The van der Waals surface area contributed by atoms with Crippen LogP contribution in [0.1, 0.15) is 37.1 Å².